The van der Waals surface area contributed by atoms with Crippen molar-refractivity contribution in [2.75, 3.05) is 11.1 Å². The van der Waals surface area contributed by atoms with Crippen molar-refractivity contribution in [3.8, 4) is 0 Å². The molecule has 6 nitrogen and oxygen atoms in total. The monoisotopic (exact) mass is 326 g/mol. The van der Waals surface area contributed by atoms with Crippen molar-refractivity contribution in [3.63, 3.8) is 0 Å². The van der Waals surface area contributed by atoms with Crippen molar-refractivity contribution in [3.05, 3.63) is 39.8 Å². The van der Waals surface area contributed by atoms with E-state index >= 15 is 0 Å². The summed E-state index contributed by atoms with van der Waals surface area (Å²) < 4.78 is 1.53. The van der Waals surface area contributed by atoms with Crippen molar-refractivity contribution in [1.82, 2.24) is 14.8 Å². The Hall–Kier alpha value is -1.73. The Kier molecular flexibility index (Phi) is 5.46. The van der Waals surface area contributed by atoms with Gasteiger partial charge in [-0.15, -0.1) is 5.10 Å². The summed E-state index contributed by atoms with van der Waals surface area (Å²) >= 11 is 7.07. The molecule has 2 rings (SSSR count). The Morgan fingerprint density at radius 1 is 1.52 bits per heavy atom. The molecule has 0 radical (unpaired) electrons. The molecule has 1 heterocycles. The van der Waals surface area contributed by atoms with Gasteiger partial charge in [0.05, 0.1) is 5.75 Å². The summed E-state index contributed by atoms with van der Waals surface area (Å²) in [5.41, 5.74) is 0.385. The third-order valence-electron chi connectivity index (χ3n) is 2.61. The van der Waals surface area contributed by atoms with E-state index in [4.69, 9.17) is 11.6 Å². The minimum atomic E-state index is -0.255. The van der Waals surface area contributed by atoms with Crippen LogP contribution in [0, 0.1) is 0 Å². The zero-order valence-corrected chi connectivity index (χ0v) is 13.0. The van der Waals surface area contributed by atoms with Gasteiger partial charge in [-0.25, -0.2) is 9.89 Å². The lowest BCUT2D eigenvalue weighted by atomic mass is 10.3. The van der Waals surface area contributed by atoms with Crippen molar-refractivity contribution in [2.45, 2.75) is 25.0 Å². The molecule has 21 heavy (non-hydrogen) atoms. The van der Waals surface area contributed by atoms with Crippen molar-refractivity contribution in [1.29, 1.82) is 0 Å². The lowest BCUT2D eigenvalue weighted by Crippen LogP contribution is -2.18. The first-order valence-electron chi connectivity index (χ1n) is 6.43. The zero-order valence-electron chi connectivity index (χ0n) is 11.4. The van der Waals surface area contributed by atoms with E-state index in [2.05, 4.69) is 15.5 Å². The second-order valence-corrected chi connectivity index (χ2v) is 5.69. The SMILES string of the molecule is CCCn1c(SCC(=O)Nc2cccc(Cl)c2)n[nH]c1=O. The molecule has 0 atom stereocenters. The van der Waals surface area contributed by atoms with Gasteiger partial charge in [0.1, 0.15) is 0 Å². The number of H-pyrrole nitrogens is 1. The molecule has 0 fully saturated rings. The van der Waals surface area contributed by atoms with E-state index in [9.17, 15) is 9.59 Å². The van der Waals surface area contributed by atoms with E-state index in [1.54, 1.807) is 24.3 Å². The Balaban J connectivity index is 1.94. The van der Waals surface area contributed by atoms with Gasteiger partial charge in [-0.3, -0.25) is 9.36 Å². The average Bonchev–Trinajstić information content (AvgIpc) is 2.78. The number of halogens is 1. The van der Waals surface area contributed by atoms with E-state index in [-0.39, 0.29) is 17.3 Å². The van der Waals surface area contributed by atoms with E-state index in [0.717, 1.165) is 6.42 Å². The standard InChI is InChI=1S/C13H15ClN4O2S/c1-2-6-18-12(20)16-17-13(18)21-8-11(19)15-10-5-3-4-9(14)7-10/h3-5,7H,2,6,8H2,1H3,(H,15,19)(H,16,20). The minimum Gasteiger partial charge on any atom is -0.325 e. The number of anilines is 1. The maximum atomic E-state index is 11.9. The normalized spacial score (nSPS) is 10.6. The second kappa shape index (κ2) is 7.33. The van der Waals surface area contributed by atoms with Crippen molar-refractivity contribution < 1.29 is 4.79 Å². The van der Waals surface area contributed by atoms with Crippen LogP contribution >= 0.6 is 23.4 Å². The number of hydrogen-bond acceptors (Lipinski definition) is 4. The number of rotatable bonds is 6. The number of amides is 1. The fourth-order valence-electron chi connectivity index (χ4n) is 1.73. The van der Waals surface area contributed by atoms with Gasteiger partial charge in [0.2, 0.25) is 5.91 Å². The van der Waals surface area contributed by atoms with Gasteiger partial charge < -0.3 is 5.32 Å². The Labute approximate surface area is 130 Å². The van der Waals surface area contributed by atoms with E-state index in [0.29, 0.717) is 22.4 Å². The highest BCUT2D eigenvalue weighted by atomic mass is 35.5. The third-order valence-corrected chi connectivity index (χ3v) is 3.82. The summed E-state index contributed by atoms with van der Waals surface area (Å²) in [6, 6.07) is 6.93. The molecule has 1 amide bonds. The summed E-state index contributed by atoms with van der Waals surface area (Å²) in [7, 11) is 0. The number of aromatic nitrogens is 3. The molecule has 1 aromatic heterocycles. The molecule has 0 aliphatic heterocycles. The maximum Gasteiger partial charge on any atom is 0.343 e. The largest absolute Gasteiger partial charge is 0.343 e. The molecule has 0 saturated carbocycles. The summed E-state index contributed by atoms with van der Waals surface area (Å²) in [6.45, 7) is 2.55. The lowest BCUT2D eigenvalue weighted by Gasteiger charge is -2.06. The van der Waals surface area contributed by atoms with Crippen LogP contribution in [0.4, 0.5) is 5.69 Å². The lowest BCUT2D eigenvalue weighted by molar-refractivity contribution is -0.113. The molecule has 0 unspecified atom stereocenters. The van der Waals surface area contributed by atoms with Crippen LogP contribution < -0.4 is 11.0 Å². The summed E-state index contributed by atoms with van der Waals surface area (Å²) in [6.07, 6.45) is 0.821. The number of carbonyl (C=O) groups is 1. The van der Waals surface area contributed by atoms with Gasteiger partial charge in [0.15, 0.2) is 5.16 Å². The molecule has 8 heteroatoms. The smallest absolute Gasteiger partial charge is 0.325 e. The van der Waals surface area contributed by atoms with Crippen molar-refractivity contribution in [2.24, 2.45) is 0 Å². The summed E-state index contributed by atoms with van der Waals surface area (Å²) in [5, 5.41) is 10.1. The molecule has 0 bridgehead atoms. The van der Waals surface area contributed by atoms with Crippen molar-refractivity contribution >= 4 is 35.0 Å². The molecule has 0 spiro atoms. The molecule has 0 aliphatic rings. The van der Waals surface area contributed by atoms with Crippen LogP contribution in [0.1, 0.15) is 13.3 Å². The van der Waals surface area contributed by atoms with Crippen LogP contribution in [0.3, 0.4) is 0 Å². The van der Waals surface area contributed by atoms with Gasteiger partial charge in [-0.2, -0.15) is 0 Å². The predicted octanol–water partition coefficient (Wildman–Crippen LogP) is 2.37. The summed E-state index contributed by atoms with van der Waals surface area (Å²) in [4.78, 5) is 23.4. The first-order chi connectivity index (χ1) is 10.1. The highest BCUT2D eigenvalue weighted by Crippen LogP contribution is 2.17. The molecule has 2 aromatic rings. The third kappa shape index (κ3) is 4.37. The molecule has 0 saturated heterocycles. The van der Waals surface area contributed by atoms with Crippen LogP contribution in [0.15, 0.2) is 34.2 Å². The molecule has 1 aromatic carbocycles. The first-order valence-corrected chi connectivity index (χ1v) is 7.80. The zero-order chi connectivity index (χ0) is 15.2. The number of benzene rings is 1. The van der Waals surface area contributed by atoms with E-state index < -0.39 is 0 Å². The van der Waals surface area contributed by atoms with Crippen LogP contribution in [0.2, 0.25) is 5.02 Å². The predicted molar refractivity (Wildman–Crippen MR) is 83.9 cm³/mol. The number of aromatic amines is 1. The first kappa shape index (κ1) is 15.7. The number of carbonyl (C=O) groups excluding carboxylic acids is 1. The fraction of sp³-hybridized carbons (Fsp3) is 0.308. The van der Waals surface area contributed by atoms with Crippen LogP contribution in [-0.2, 0) is 11.3 Å². The topological polar surface area (TPSA) is 79.8 Å². The molecule has 0 aliphatic carbocycles. The van der Waals surface area contributed by atoms with Crippen LogP contribution in [-0.4, -0.2) is 26.4 Å². The van der Waals surface area contributed by atoms with Gasteiger partial charge in [-0.05, 0) is 24.6 Å². The molecule has 2 N–H and O–H groups in total. The fourth-order valence-corrected chi connectivity index (χ4v) is 2.69. The number of thioether (sulfide) groups is 1. The van der Waals surface area contributed by atoms with E-state index in [1.165, 1.54) is 16.3 Å². The maximum absolute atomic E-state index is 11.9. The van der Waals surface area contributed by atoms with Gasteiger partial charge in [-0.1, -0.05) is 36.4 Å². The average molecular weight is 327 g/mol. The Morgan fingerprint density at radius 2 is 2.33 bits per heavy atom. The van der Waals surface area contributed by atoms with Gasteiger partial charge in [0, 0.05) is 17.3 Å². The highest BCUT2D eigenvalue weighted by molar-refractivity contribution is 7.99. The summed E-state index contributed by atoms with van der Waals surface area (Å²) in [5.74, 6) is -0.0127. The minimum absolute atomic E-state index is 0.167. The Bertz CT molecular complexity index is 683. The van der Waals surface area contributed by atoms with Crippen LogP contribution in [0.25, 0.3) is 0 Å². The van der Waals surface area contributed by atoms with Gasteiger partial charge >= 0.3 is 5.69 Å². The molecular formula is C13H15ClN4O2S. The highest BCUT2D eigenvalue weighted by Gasteiger charge is 2.11. The van der Waals surface area contributed by atoms with E-state index in [1.807, 2.05) is 6.92 Å². The molecule has 112 valence electrons. The quantitative estimate of drug-likeness (QED) is 0.799. The number of nitrogens with one attached hydrogen (secondary N) is 2. The second-order valence-electron chi connectivity index (χ2n) is 4.31. The molecular weight excluding hydrogens is 312 g/mol. The Morgan fingerprint density at radius 3 is 3.05 bits per heavy atom. The number of hydrogen-bond donors (Lipinski definition) is 2. The van der Waals surface area contributed by atoms with Crippen LogP contribution in [0.5, 0.6) is 0 Å². The number of nitrogens with zero attached hydrogens (tertiary/aromatic N) is 2. The van der Waals surface area contributed by atoms with Gasteiger partial charge in [0.25, 0.3) is 0 Å².